The summed E-state index contributed by atoms with van der Waals surface area (Å²) < 4.78 is 35.3. The summed E-state index contributed by atoms with van der Waals surface area (Å²) >= 11 is 22.8. The second-order valence-electron chi connectivity index (χ2n) is 20.6. The van der Waals surface area contributed by atoms with E-state index >= 15 is 0 Å². The van der Waals surface area contributed by atoms with Crippen LogP contribution >= 0.6 is 46.4 Å². The normalized spacial score (nSPS) is 10.4. The molecule has 0 aliphatic carbocycles. The Balaban J connectivity index is 0.000000162. The Kier molecular flexibility index (Phi) is 26.1. The van der Waals surface area contributed by atoms with E-state index in [1.165, 1.54) is 58.2 Å². The molecule has 13 aromatic rings. The maximum atomic E-state index is 10.5. The predicted molar refractivity (Wildman–Crippen MR) is 376 cm³/mol. The molecule has 0 aliphatic heterocycles. The van der Waals surface area contributed by atoms with Crippen LogP contribution in [-0.2, 0) is 0 Å². The first kappa shape index (κ1) is 74.9. The van der Waals surface area contributed by atoms with Gasteiger partial charge in [0, 0.05) is 60.9 Å². The number of aryl methyl sites for hydroxylation is 6. The van der Waals surface area contributed by atoms with Gasteiger partial charge in [0.15, 0.2) is 34.5 Å². The molecule has 0 bridgehead atoms. The van der Waals surface area contributed by atoms with Crippen LogP contribution in [0, 0.1) is 61.8 Å². The van der Waals surface area contributed by atoms with Gasteiger partial charge >= 0.3 is 11.4 Å². The lowest BCUT2D eigenvalue weighted by Crippen LogP contribution is -1.97. The van der Waals surface area contributed by atoms with Crippen LogP contribution in [0.3, 0.4) is 0 Å². The number of aromatic nitrogens is 12. The number of hydrogen-bond donors (Lipinski definition) is 3. The highest BCUT2D eigenvalue weighted by Crippen LogP contribution is 2.38. The van der Waals surface area contributed by atoms with E-state index in [1.807, 2.05) is 90.1 Å². The molecule has 0 unspecified atom stereocenters. The van der Waals surface area contributed by atoms with Crippen molar-refractivity contribution in [2.45, 2.75) is 41.5 Å². The molecule has 28 nitrogen and oxygen atoms in total. The van der Waals surface area contributed by atoms with Gasteiger partial charge in [-0.25, -0.2) is 29.9 Å². The van der Waals surface area contributed by atoms with Gasteiger partial charge in [-0.2, -0.15) is 0 Å². The molecule has 0 aliphatic rings. The molecule has 99 heavy (non-hydrogen) atoms. The molecule has 0 saturated heterocycles. The fourth-order valence-corrected chi connectivity index (χ4v) is 9.50. The van der Waals surface area contributed by atoms with Crippen LogP contribution in [0.4, 0.5) is 11.4 Å². The minimum absolute atomic E-state index is 0.0246. The number of rotatable bonds is 9. The Morgan fingerprint density at radius 3 is 0.848 bits per heavy atom. The van der Waals surface area contributed by atoms with Crippen LogP contribution in [0.15, 0.2) is 122 Å². The van der Waals surface area contributed by atoms with Gasteiger partial charge in [-0.1, -0.05) is 46.4 Å². The molecular weight excluding hydrogens is 1370 g/mol. The first-order chi connectivity index (χ1) is 47.2. The fourth-order valence-electron chi connectivity index (χ4n) is 8.94. The summed E-state index contributed by atoms with van der Waals surface area (Å²) in [5, 5.41) is 50.4. The zero-order chi connectivity index (χ0) is 72.4. The van der Waals surface area contributed by atoms with Crippen molar-refractivity contribution in [3.8, 4) is 57.5 Å². The Bertz CT molecular complexity index is 4670. The average molecular weight is 1430 g/mol. The molecule has 6 aromatic heterocycles. The summed E-state index contributed by atoms with van der Waals surface area (Å²) in [5.74, 6) is 3.41. The van der Waals surface area contributed by atoms with Crippen molar-refractivity contribution >= 4 is 124 Å². The first-order valence-electron chi connectivity index (χ1n) is 28.8. The van der Waals surface area contributed by atoms with E-state index in [0.29, 0.717) is 60.2 Å². The van der Waals surface area contributed by atoms with Gasteiger partial charge in [0.1, 0.15) is 43.6 Å². The van der Waals surface area contributed by atoms with Crippen molar-refractivity contribution in [2.24, 2.45) is 0 Å². The Morgan fingerprint density at radius 2 is 0.505 bits per heavy atom. The van der Waals surface area contributed by atoms with Crippen LogP contribution < -0.4 is 33.2 Å². The lowest BCUT2D eigenvalue weighted by Gasteiger charge is -2.05. The quantitative estimate of drug-likeness (QED) is 0.0892. The van der Waals surface area contributed by atoms with Gasteiger partial charge in [0.05, 0.1) is 174 Å². The van der Waals surface area contributed by atoms with Crippen LogP contribution in [0.1, 0.15) is 33.6 Å². The van der Waals surface area contributed by atoms with Gasteiger partial charge in [-0.05, 0) is 88.1 Å². The van der Waals surface area contributed by atoms with Crippen LogP contribution in [0.25, 0.3) is 66.2 Å². The Morgan fingerprint density at radius 1 is 0.293 bits per heavy atom. The molecule has 13 rings (SSSR count). The Labute approximate surface area is 584 Å². The van der Waals surface area contributed by atoms with Crippen molar-refractivity contribution in [1.29, 1.82) is 0 Å². The molecule has 0 radical (unpaired) electrons. The molecule has 0 saturated carbocycles. The number of phenolic OH excluding ortho intramolecular Hbond substituents is 3. The first-order valence-corrected chi connectivity index (χ1v) is 30.3. The van der Waals surface area contributed by atoms with Gasteiger partial charge < -0.3 is 48.5 Å². The van der Waals surface area contributed by atoms with Gasteiger partial charge in [0.2, 0.25) is 0 Å². The lowest BCUT2D eigenvalue weighted by atomic mass is 10.2. The summed E-state index contributed by atoms with van der Waals surface area (Å²) in [6, 6.07) is 23.0. The van der Waals surface area contributed by atoms with Crippen LogP contribution in [0.5, 0.6) is 57.5 Å². The molecule has 7 aromatic carbocycles. The average Bonchev–Trinajstić information content (AvgIpc) is 0.886. The van der Waals surface area contributed by atoms with E-state index in [2.05, 4.69) is 64.5 Å². The zero-order valence-corrected chi connectivity index (χ0v) is 58.2. The molecule has 0 fully saturated rings. The number of nitrogens with zero attached hydrogens (tertiary/aromatic N) is 14. The second-order valence-corrected chi connectivity index (χ2v) is 22.1. The molecule has 512 valence electrons. The lowest BCUT2D eigenvalue weighted by molar-refractivity contribution is -0.422. The minimum Gasteiger partial charge on any atom is -0.504 e. The van der Waals surface area contributed by atoms with E-state index in [4.69, 9.17) is 74.8 Å². The third-order valence-corrected chi connectivity index (χ3v) is 14.4. The van der Waals surface area contributed by atoms with Gasteiger partial charge in [-0.15, -0.1) is 0 Å². The smallest absolute Gasteiger partial charge is 0.350 e. The summed E-state index contributed by atoms with van der Waals surface area (Å²) in [6.07, 6.45) is 9.47. The molecule has 0 spiro atoms. The van der Waals surface area contributed by atoms with Crippen LogP contribution in [-0.4, -0.2) is 135 Å². The van der Waals surface area contributed by atoms with Crippen molar-refractivity contribution in [3.05, 3.63) is 197 Å². The number of methoxy groups -OCH3 is 7. The molecule has 0 amide bonds. The van der Waals surface area contributed by atoms with E-state index in [9.17, 15) is 35.5 Å². The highest BCUT2D eigenvalue weighted by atomic mass is 35.5. The van der Waals surface area contributed by atoms with Gasteiger partial charge in [0.25, 0.3) is 0 Å². The van der Waals surface area contributed by atoms with E-state index in [0.717, 1.165) is 107 Å². The molecule has 3 N–H and O–H groups in total. The highest BCUT2D eigenvalue weighted by molar-refractivity contribution is 6.30. The third-order valence-electron chi connectivity index (χ3n) is 13.7. The van der Waals surface area contributed by atoms with Crippen molar-refractivity contribution in [2.75, 3.05) is 49.8 Å². The number of phenols is 3. The number of benzene rings is 7. The van der Waals surface area contributed by atoms with E-state index in [-0.39, 0.29) is 17.2 Å². The van der Waals surface area contributed by atoms with E-state index < -0.39 is 27.0 Å². The number of ether oxygens (including phenoxy) is 7. The minimum atomic E-state index is -0.947. The maximum absolute atomic E-state index is 10.5. The van der Waals surface area contributed by atoms with Crippen molar-refractivity contribution in [3.63, 3.8) is 0 Å². The molecule has 32 heteroatoms. The monoisotopic (exact) mass is 1430 g/mol. The summed E-state index contributed by atoms with van der Waals surface area (Å²) in [6.45, 7) is 11.8. The fraction of sp³-hybridized carbons (Fsp3) is 0.194. The molecule has 0 atom stereocenters. The molecule has 6 heterocycles. The summed E-state index contributed by atoms with van der Waals surface area (Å²) in [5.41, 5.74) is 13.6. The predicted octanol–water partition coefficient (Wildman–Crippen LogP) is 14.9. The highest BCUT2D eigenvalue weighted by Gasteiger charge is 2.27. The number of fused-ring (bicyclic) bond motifs is 6. The summed E-state index contributed by atoms with van der Waals surface area (Å²) in [4.78, 5) is 69.1. The van der Waals surface area contributed by atoms with Crippen molar-refractivity contribution < 1.29 is 58.3 Å². The van der Waals surface area contributed by atoms with Crippen LogP contribution in [0.2, 0.25) is 20.6 Å². The second kappa shape index (κ2) is 34.5. The Hall–Kier alpha value is -11.5. The van der Waals surface area contributed by atoms with Gasteiger partial charge in [-0.3, -0.25) is 50.1 Å². The summed E-state index contributed by atoms with van der Waals surface area (Å²) in [7, 11) is 10.7. The number of aromatic hydroxyl groups is 3. The number of halogens is 4. The number of nitro groups is 2. The number of hydrogen-bond acceptors (Lipinski definition) is 26. The SMILES string of the molecule is COc1cc([N+](=O)[O-])c([N+](=O)[O-])cc1O.COc1cc2nc(C)cnc2cc1C.COc1cc2nc(Cl)cnc2cc1C.COc1cc2nc(Cl)cnc2cc1O.COc1cc2ncc(C)nc2cc1C.COc1cc2ncc(Cl)nc2cc1C.COc1cc2ncc(Cl)nc2cc1O. The van der Waals surface area contributed by atoms with Crippen molar-refractivity contribution in [1.82, 2.24) is 59.8 Å². The molecular formula is C67H62Cl4N14O14. The standard InChI is InChI=1S/2C11H12N2O.2C10H9ClN2O.2C9H7ClN2O2.C7H6N2O6/c1-7-4-10-9(5-11(7)14-3)12-6-8(2)13-10;1-7-4-9-10(5-11(7)14-3)13-8(2)6-12-9;1-6-3-8-7(4-9(6)14-2)12-5-10(11)13-8;1-6-3-7-8(4-9(6)14-2)13-10(11)5-12-7;1-14-8-3-5-6(2-7(8)13)12-9(10)4-11-5;1-14-8-3-6-5(2-7(8)13)11-4-9(10)12-6;1-15-7-3-5(9(13)14)4(8(11)12)2-6(7)10/h2*4-6H,1-3H3;2*3-5H,1-2H3;2*2-4,13H,1H3;2-3,10H,1H3. The maximum Gasteiger partial charge on any atom is 0.350 e. The van der Waals surface area contributed by atoms with E-state index in [1.54, 1.807) is 53.0 Å². The third kappa shape index (κ3) is 19.8. The zero-order valence-electron chi connectivity index (χ0n) is 55.2. The topological polar surface area (TPSA) is 366 Å². The largest absolute Gasteiger partial charge is 0.504 e. The number of nitro benzene ring substituents is 2.